The number of nitrogens with zero attached hydrogens (tertiary/aromatic N) is 1. The van der Waals surface area contributed by atoms with Gasteiger partial charge in [0.25, 0.3) is 5.91 Å². The maximum absolute atomic E-state index is 12.4. The molecule has 3 N–H and O–H groups in total. The van der Waals surface area contributed by atoms with E-state index >= 15 is 0 Å². The lowest BCUT2D eigenvalue weighted by atomic mass is 10.1. The molecule has 5 heteroatoms. The number of hydrogen-bond acceptors (Lipinski definition) is 3. The van der Waals surface area contributed by atoms with Crippen molar-refractivity contribution in [3.05, 3.63) is 65.2 Å². The second-order valence-corrected chi connectivity index (χ2v) is 6.34. The molecule has 2 amide bonds. The first-order valence-electron chi connectivity index (χ1n) is 8.58. The third-order valence-electron chi connectivity index (χ3n) is 4.58. The Bertz CT molecular complexity index is 754. The highest BCUT2D eigenvalue weighted by Crippen LogP contribution is 2.23. The van der Waals surface area contributed by atoms with Crippen molar-refractivity contribution in [3.8, 4) is 0 Å². The molecule has 1 heterocycles. The number of nitrogens with one attached hydrogen (secondary N) is 1. The number of carbonyl (C=O) groups excluding carboxylic acids is 2. The molecule has 130 valence electrons. The molecule has 1 atom stereocenters. The topological polar surface area (TPSA) is 75.4 Å². The maximum atomic E-state index is 12.4. The van der Waals surface area contributed by atoms with Crippen molar-refractivity contribution in [1.82, 2.24) is 5.32 Å². The predicted molar refractivity (Wildman–Crippen MR) is 98.2 cm³/mol. The summed E-state index contributed by atoms with van der Waals surface area (Å²) in [6.07, 6.45) is 1.53. The number of nitrogens with two attached hydrogens (primary N) is 1. The molecule has 0 aromatic heterocycles. The van der Waals surface area contributed by atoms with Gasteiger partial charge in [0.1, 0.15) is 0 Å². The molecule has 1 unspecified atom stereocenters. The van der Waals surface area contributed by atoms with E-state index in [4.69, 9.17) is 5.73 Å². The second-order valence-electron chi connectivity index (χ2n) is 6.34. The fourth-order valence-corrected chi connectivity index (χ4v) is 3.02. The molecule has 0 bridgehead atoms. The van der Waals surface area contributed by atoms with Crippen molar-refractivity contribution >= 4 is 17.5 Å². The van der Waals surface area contributed by atoms with Gasteiger partial charge in [-0.05, 0) is 48.7 Å². The first-order valence-corrected chi connectivity index (χ1v) is 8.58. The van der Waals surface area contributed by atoms with Gasteiger partial charge >= 0.3 is 0 Å². The van der Waals surface area contributed by atoms with Crippen LogP contribution in [0.3, 0.4) is 0 Å². The first kappa shape index (κ1) is 17.2. The predicted octanol–water partition coefficient (Wildman–Crippen LogP) is 2.76. The minimum atomic E-state index is -0.120. The lowest BCUT2D eigenvalue weighted by Gasteiger charge is -2.18. The average molecular weight is 337 g/mol. The van der Waals surface area contributed by atoms with E-state index in [-0.39, 0.29) is 17.9 Å². The van der Waals surface area contributed by atoms with Gasteiger partial charge in [-0.15, -0.1) is 0 Å². The van der Waals surface area contributed by atoms with Crippen LogP contribution < -0.4 is 16.0 Å². The van der Waals surface area contributed by atoms with Crippen molar-refractivity contribution in [1.29, 1.82) is 0 Å². The second kappa shape index (κ2) is 7.49. The largest absolute Gasteiger partial charge is 0.346 e. The highest BCUT2D eigenvalue weighted by atomic mass is 16.2. The molecular formula is C20H23N3O2. The molecule has 5 nitrogen and oxygen atoms in total. The Balaban J connectivity index is 1.65. The van der Waals surface area contributed by atoms with Gasteiger partial charge in [-0.2, -0.15) is 0 Å². The normalized spacial score (nSPS) is 15.3. The number of benzene rings is 2. The number of anilines is 1. The van der Waals surface area contributed by atoms with Gasteiger partial charge in [0, 0.05) is 30.8 Å². The van der Waals surface area contributed by atoms with Gasteiger partial charge in [0.15, 0.2) is 0 Å². The summed E-state index contributed by atoms with van der Waals surface area (Å²) >= 11 is 0. The molecule has 1 fully saturated rings. The van der Waals surface area contributed by atoms with E-state index in [0.29, 0.717) is 18.5 Å². The zero-order valence-electron chi connectivity index (χ0n) is 14.4. The minimum Gasteiger partial charge on any atom is -0.346 e. The van der Waals surface area contributed by atoms with E-state index in [1.165, 1.54) is 0 Å². The standard InChI is InChI=1S/C20H23N3O2/c1-14(22-20(25)17-6-4-15(13-21)5-7-17)16-8-10-18(11-9-16)23-12-2-3-19(23)24/h4-11,14H,2-3,12-13,21H2,1H3,(H,22,25). The highest BCUT2D eigenvalue weighted by molar-refractivity contribution is 5.95. The summed E-state index contributed by atoms with van der Waals surface area (Å²) < 4.78 is 0. The molecule has 1 aliphatic rings. The van der Waals surface area contributed by atoms with Crippen molar-refractivity contribution in [2.75, 3.05) is 11.4 Å². The summed E-state index contributed by atoms with van der Waals surface area (Å²) in [5, 5.41) is 3.00. The van der Waals surface area contributed by atoms with E-state index in [0.717, 1.165) is 29.8 Å². The van der Waals surface area contributed by atoms with Crippen LogP contribution in [0.2, 0.25) is 0 Å². The Morgan fingerprint density at radius 3 is 2.40 bits per heavy atom. The van der Waals surface area contributed by atoms with Gasteiger partial charge < -0.3 is 16.0 Å². The van der Waals surface area contributed by atoms with Crippen LogP contribution in [0, 0.1) is 0 Å². The zero-order chi connectivity index (χ0) is 17.8. The lowest BCUT2D eigenvalue weighted by molar-refractivity contribution is -0.117. The quantitative estimate of drug-likeness (QED) is 0.881. The van der Waals surface area contributed by atoms with Crippen LogP contribution in [0.15, 0.2) is 48.5 Å². The smallest absolute Gasteiger partial charge is 0.251 e. The number of carbonyl (C=O) groups is 2. The van der Waals surface area contributed by atoms with Gasteiger partial charge in [0.2, 0.25) is 5.91 Å². The molecule has 0 spiro atoms. The van der Waals surface area contributed by atoms with E-state index in [1.807, 2.05) is 48.2 Å². The van der Waals surface area contributed by atoms with Crippen LogP contribution >= 0.6 is 0 Å². The van der Waals surface area contributed by atoms with Crippen LogP contribution in [-0.4, -0.2) is 18.4 Å². The third kappa shape index (κ3) is 3.88. The Morgan fingerprint density at radius 2 is 1.84 bits per heavy atom. The summed E-state index contributed by atoms with van der Waals surface area (Å²) in [5.41, 5.74) is 9.11. The number of amides is 2. The molecule has 0 aliphatic carbocycles. The molecule has 1 saturated heterocycles. The summed E-state index contributed by atoms with van der Waals surface area (Å²) in [7, 11) is 0. The molecule has 0 saturated carbocycles. The van der Waals surface area contributed by atoms with Crippen LogP contribution in [0.1, 0.15) is 47.3 Å². The van der Waals surface area contributed by atoms with E-state index < -0.39 is 0 Å². The van der Waals surface area contributed by atoms with Crippen molar-refractivity contribution in [3.63, 3.8) is 0 Å². The first-order chi connectivity index (χ1) is 12.1. The summed E-state index contributed by atoms with van der Waals surface area (Å²) in [5.74, 6) is 0.0601. The monoisotopic (exact) mass is 337 g/mol. The number of rotatable bonds is 5. The summed E-state index contributed by atoms with van der Waals surface area (Å²) in [4.78, 5) is 26.0. The SMILES string of the molecule is CC(NC(=O)c1ccc(CN)cc1)c1ccc(N2CCCC2=O)cc1. The molecule has 3 rings (SSSR count). The van der Waals surface area contributed by atoms with Crippen LogP contribution in [0.5, 0.6) is 0 Å². The molecule has 1 aliphatic heterocycles. The molecule has 2 aromatic carbocycles. The van der Waals surface area contributed by atoms with Gasteiger partial charge in [-0.1, -0.05) is 24.3 Å². The maximum Gasteiger partial charge on any atom is 0.251 e. The fraction of sp³-hybridized carbons (Fsp3) is 0.300. The van der Waals surface area contributed by atoms with E-state index in [2.05, 4.69) is 5.32 Å². The Labute approximate surface area is 147 Å². The van der Waals surface area contributed by atoms with Gasteiger partial charge in [0.05, 0.1) is 6.04 Å². The Hall–Kier alpha value is -2.66. The lowest BCUT2D eigenvalue weighted by Crippen LogP contribution is -2.27. The van der Waals surface area contributed by atoms with Crippen LogP contribution in [-0.2, 0) is 11.3 Å². The van der Waals surface area contributed by atoms with E-state index in [1.54, 1.807) is 12.1 Å². The fourth-order valence-electron chi connectivity index (χ4n) is 3.02. The van der Waals surface area contributed by atoms with Crippen molar-refractivity contribution in [2.45, 2.75) is 32.4 Å². The Morgan fingerprint density at radius 1 is 1.16 bits per heavy atom. The number of hydrogen-bond donors (Lipinski definition) is 2. The average Bonchev–Trinajstić information content (AvgIpc) is 3.07. The molecule has 2 aromatic rings. The Kier molecular flexibility index (Phi) is 5.14. The minimum absolute atomic E-state index is 0.116. The van der Waals surface area contributed by atoms with Gasteiger partial charge in [-0.3, -0.25) is 9.59 Å². The summed E-state index contributed by atoms with van der Waals surface area (Å²) in [6.45, 7) is 3.19. The highest BCUT2D eigenvalue weighted by Gasteiger charge is 2.21. The summed E-state index contributed by atoms with van der Waals surface area (Å²) in [6, 6.07) is 15.0. The van der Waals surface area contributed by atoms with Gasteiger partial charge in [-0.25, -0.2) is 0 Å². The van der Waals surface area contributed by atoms with Crippen molar-refractivity contribution < 1.29 is 9.59 Å². The van der Waals surface area contributed by atoms with Crippen molar-refractivity contribution in [2.24, 2.45) is 5.73 Å². The zero-order valence-corrected chi connectivity index (χ0v) is 14.4. The van der Waals surface area contributed by atoms with Crippen LogP contribution in [0.4, 0.5) is 5.69 Å². The van der Waals surface area contributed by atoms with E-state index in [9.17, 15) is 9.59 Å². The molecular weight excluding hydrogens is 314 g/mol. The molecule has 25 heavy (non-hydrogen) atoms. The molecule has 0 radical (unpaired) electrons. The third-order valence-corrected chi connectivity index (χ3v) is 4.58. The van der Waals surface area contributed by atoms with Crippen LogP contribution in [0.25, 0.3) is 0 Å².